The zero-order valence-corrected chi connectivity index (χ0v) is 10.3. The SMILES string of the molecule is COC1CC(NC(=O)C=C(C)C)C1(C)C. The average Bonchev–Trinajstić information content (AvgIpc) is 2.10. The minimum atomic E-state index is 0.00243. The average molecular weight is 211 g/mol. The first-order valence-corrected chi connectivity index (χ1v) is 5.36. The molecular formula is C12H21NO2. The van der Waals surface area contributed by atoms with Gasteiger partial charge in [-0.25, -0.2) is 0 Å². The lowest BCUT2D eigenvalue weighted by atomic mass is 9.64. The van der Waals surface area contributed by atoms with E-state index >= 15 is 0 Å². The summed E-state index contributed by atoms with van der Waals surface area (Å²) in [7, 11) is 1.72. The third kappa shape index (κ3) is 2.59. The van der Waals surface area contributed by atoms with Gasteiger partial charge in [0.15, 0.2) is 0 Å². The van der Waals surface area contributed by atoms with E-state index in [-0.39, 0.29) is 23.5 Å². The third-order valence-electron chi connectivity index (χ3n) is 3.20. The van der Waals surface area contributed by atoms with Crippen molar-refractivity contribution in [1.82, 2.24) is 5.32 Å². The van der Waals surface area contributed by atoms with Crippen LogP contribution in [0.25, 0.3) is 0 Å². The molecule has 0 heterocycles. The molecule has 3 heteroatoms. The van der Waals surface area contributed by atoms with Gasteiger partial charge < -0.3 is 10.1 Å². The Hall–Kier alpha value is -0.830. The molecular weight excluding hydrogens is 190 g/mol. The maximum absolute atomic E-state index is 11.5. The molecule has 0 spiro atoms. The predicted octanol–water partition coefficient (Wildman–Crippen LogP) is 1.88. The molecule has 1 aliphatic carbocycles. The van der Waals surface area contributed by atoms with Gasteiger partial charge in [0, 0.05) is 24.6 Å². The van der Waals surface area contributed by atoms with Crippen LogP contribution in [0.5, 0.6) is 0 Å². The van der Waals surface area contributed by atoms with Gasteiger partial charge in [0.2, 0.25) is 5.91 Å². The van der Waals surface area contributed by atoms with E-state index in [4.69, 9.17) is 4.74 Å². The molecule has 1 amide bonds. The number of hydrogen-bond acceptors (Lipinski definition) is 2. The molecule has 0 saturated heterocycles. The van der Waals surface area contributed by atoms with Crippen molar-refractivity contribution in [3.63, 3.8) is 0 Å². The number of carbonyl (C=O) groups is 1. The topological polar surface area (TPSA) is 38.3 Å². The molecule has 2 unspecified atom stereocenters. The first-order chi connectivity index (χ1) is 6.87. The first-order valence-electron chi connectivity index (χ1n) is 5.36. The molecule has 1 aliphatic rings. The molecule has 86 valence electrons. The smallest absolute Gasteiger partial charge is 0.244 e. The van der Waals surface area contributed by atoms with Gasteiger partial charge in [-0.15, -0.1) is 0 Å². The second-order valence-corrected chi connectivity index (χ2v) is 5.06. The Kier molecular flexibility index (Phi) is 3.55. The molecule has 0 aromatic rings. The van der Waals surface area contributed by atoms with E-state index in [0.29, 0.717) is 0 Å². The largest absolute Gasteiger partial charge is 0.381 e. The predicted molar refractivity (Wildman–Crippen MR) is 60.6 cm³/mol. The molecule has 0 bridgehead atoms. The lowest BCUT2D eigenvalue weighted by Crippen LogP contribution is -2.61. The van der Waals surface area contributed by atoms with Crippen LogP contribution < -0.4 is 5.32 Å². The molecule has 1 saturated carbocycles. The maximum atomic E-state index is 11.5. The number of rotatable bonds is 3. The third-order valence-corrected chi connectivity index (χ3v) is 3.20. The molecule has 0 aromatic heterocycles. The minimum Gasteiger partial charge on any atom is -0.381 e. The van der Waals surface area contributed by atoms with Gasteiger partial charge in [0.1, 0.15) is 0 Å². The van der Waals surface area contributed by atoms with Crippen molar-refractivity contribution in [3.05, 3.63) is 11.6 Å². The van der Waals surface area contributed by atoms with E-state index in [1.54, 1.807) is 13.2 Å². The van der Waals surface area contributed by atoms with Gasteiger partial charge >= 0.3 is 0 Å². The van der Waals surface area contributed by atoms with E-state index in [1.165, 1.54) is 0 Å². The van der Waals surface area contributed by atoms with E-state index in [0.717, 1.165) is 12.0 Å². The van der Waals surface area contributed by atoms with Gasteiger partial charge in [0.05, 0.1) is 6.10 Å². The zero-order chi connectivity index (χ0) is 11.6. The summed E-state index contributed by atoms with van der Waals surface area (Å²) in [6.45, 7) is 8.09. The van der Waals surface area contributed by atoms with Gasteiger partial charge in [-0.2, -0.15) is 0 Å². The number of hydrogen-bond donors (Lipinski definition) is 1. The monoisotopic (exact) mass is 211 g/mol. The van der Waals surface area contributed by atoms with E-state index < -0.39 is 0 Å². The van der Waals surface area contributed by atoms with Crippen molar-refractivity contribution >= 4 is 5.91 Å². The van der Waals surface area contributed by atoms with Crippen molar-refractivity contribution < 1.29 is 9.53 Å². The van der Waals surface area contributed by atoms with Crippen LogP contribution in [0.15, 0.2) is 11.6 Å². The maximum Gasteiger partial charge on any atom is 0.244 e. The minimum absolute atomic E-state index is 0.00243. The fraction of sp³-hybridized carbons (Fsp3) is 0.750. The Morgan fingerprint density at radius 2 is 2.07 bits per heavy atom. The van der Waals surface area contributed by atoms with Crippen LogP contribution in [0.4, 0.5) is 0 Å². The van der Waals surface area contributed by atoms with Gasteiger partial charge in [0.25, 0.3) is 0 Å². The van der Waals surface area contributed by atoms with Gasteiger partial charge in [-0.1, -0.05) is 19.4 Å². The van der Waals surface area contributed by atoms with Crippen molar-refractivity contribution in [1.29, 1.82) is 0 Å². The van der Waals surface area contributed by atoms with Crippen molar-refractivity contribution in [2.45, 2.75) is 46.3 Å². The van der Waals surface area contributed by atoms with E-state index in [9.17, 15) is 4.79 Å². The van der Waals surface area contributed by atoms with Crippen molar-refractivity contribution in [3.8, 4) is 0 Å². The summed E-state index contributed by atoms with van der Waals surface area (Å²) in [4.78, 5) is 11.5. The van der Waals surface area contributed by atoms with Crippen molar-refractivity contribution in [2.24, 2.45) is 5.41 Å². The van der Waals surface area contributed by atoms with Crippen molar-refractivity contribution in [2.75, 3.05) is 7.11 Å². The molecule has 0 aliphatic heterocycles. The van der Waals surface area contributed by atoms with Crippen LogP contribution in [0.1, 0.15) is 34.1 Å². The Labute approximate surface area is 91.9 Å². The molecule has 1 N–H and O–H groups in total. The highest BCUT2D eigenvalue weighted by Crippen LogP contribution is 2.42. The highest BCUT2D eigenvalue weighted by molar-refractivity contribution is 5.88. The summed E-state index contributed by atoms with van der Waals surface area (Å²) < 4.78 is 5.33. The van der Waals surface area contributed by atoms with Crippen LogP contribution in [-0.2, 0) is 9.53 Å². The number of nitrogens with one attached hydrogen (secondary N) is 1. The fourth-order valence-electron chi connectivity index (χ4n) is 2.01. The number of ether oxygens (including phenoxy) is 1. The number of methoxy groups -OCH3 is 1. The number of amides is 1. The van der Waals surface area contributed by atoms with Crippen LogP contribution >= 0.6 is 0 Å². The first kappa shape index (κ1) is 12.2. The van der Waals surface area contributed by atoms with E-state index in [1.807, 2.05) is 13.8 Å². The van der Waals surface area contributed by atoms with Crippen LogP contribution in [0, 0.1) is 5.41 Å². The van der Waals surface area contributed by atoms with Crippen LogP contribution in [0.3, 0.4) is 0 Å². The molecule has 15 heavy (non-hydrogen) atoms. The highest BCUT2D eigenvalue weighted by Gasteiger charge is 2.48. The van der Waals surface area contributed by atoms with Crippen LogP contribution in [0.2, 0.25) is 0 Å². The molecule has 3 nitrogen and oxygen atoms in total. The summed E-state index contributed by atoms with van der Waals surface area (Å²) in [5, 5.41) is 3.01. The van der Waals surface area contributed by atoms with E-state index in [2.05, 4.69) is 19.2 Å². The number of carbonyl (C=O) groups excluding carboxylic acids is 1. The molecule has 0 radical (unpaired) electrons. The van der Waals surface area contributed by atoms with Crippen LogP contribution in [-0.4, -0.2) is 25.2 Å². The Bertz CT molecular complexity index is 277. The standard InChI is InChI=1S/C12H21NO2/c1-8(2)6-11(14)13-9-7-10(15-5)12(9,3)4/h6,9-10H,7H2,1-5H3,(H,13,14). The Morgan fingerprint density at radius 3 is 2.47 bits per heavy atom. The normalized spacial score (nSPS) is 27.8. The lowest BCUT2D eigenvalue weighted by Gasteiger charge is -2.51. The van der Waals surface area contributed by atoms with Gasteiger partial charge in [-0.05, 0) is 20.3 Å². The molecule has 0 aromatic carbocycles. The second-order valence-electron chi connectivity index (χ2n) is 5.06. The Balaban J connectivity index is 2.49. The highest BCUT2D eigenvalue weighted by atomic mass is 16.5. The van der Waals surface area contributed by atoms with Gasteiger partial charge in [-0.3, -0.25) is 4.79 Å². The summed E-state index contributed by atoms with van der Waals surface area (Å²) in [5.74, 6) is 0.00243. The summed E-state index contributed by atoms with van der Waals surface area (Å²) in [6, 6.07) is 0.227. The quantitative estimate of drug-likeness (QED) is 0.724. The molecule has 1 fully saturated rings. The lowest BCUT2D eigenvalue weighted by molar-refractivity contribution is -0.128. The summed E-state index contributed by atoms with van der Waals surface area (Å²) in [6.07, 6.45) is 2.80. The summed E-state index contributed by atoms with van der Waals surface area (Å²) >= 11 is 0. The summed E-state index contributed by atoms with van der Waals surface area (Å²) in [5.41, 5.74) is 1.06. The zero-order valence-electron chi connectivity index (χ0n) is 10.3. The Morgan fingerprint density at radius 1 is 1.47 bits per heavy atom. The fourth-order valence-corrected chi connectivity index (χ4v) is 2.01. The molecule has 2 atom stereocenters. The number of allylic oxidation sites excluding steroid dienone is 1. The molecule has 1 rings (SSSR count). The second kappa shape index (κ2) is 4.35.